The van der Waals surface area contributed by atoms with Gasteiger partial charge in [-0.25, -0.2) is 0 Å². The summed E-state index contributed by atoms with van der Waals surface area (Å²) in [6.45, 7) is 0.250. The first-order chi connectivity index (χ1) is 11.6. The number of likely N-dealkylation sites (tertiary alicyclic amines) is 1. The molecule has 0 unspecified atom stereocenters. The quantitative estimate of drug-likeness (QED) is 0.792. The van der Waals surface area contributed by atoms with E-state index in [0.29, 0.717) is 11.5 Å². The summed E-state index contributed by atoms with van der Waals surface area (Å²) in [5, 5.41) is 2.78. The lowest BCUT2D eigenvalue weighted by Crippen LogP contribution is -2.51. The van der Waals surface area contributed by atoms with Gasteiger partial charge in [0.25, 0.3) is 0 Å². The van der Waals surface area contributed by atoms with Gasteiger partial charge in [0.2, 0.25) is 17.7 Å². The van der Waals surface area contributed by atoms with E-state index in [9.17, 15) is 14.4 Å². The molecule has 130 valence electrons. The zero-order valence-electron chi connectivity index (χ0n) is 13.7. The Hall–Kier alpha value is -1.76. The van der Waals surface area contributed by atoms with Gasteiger partial charge >= 0.3 is 0 Å². The average Bonchev–Trinajstić information content (AvgIpc) is 3.19. The standard InChI is InChI=1S/C17H22N2O4S/c1-24-10-14(15(20)18-9-11-5-4-8-23-11)19-16(21)12-6-2-3-7-13(12)17(19)22/h4-5,8,12-14H,2-3,6-7,9-10H2,1H3,(H,18,20)/t12-,13-,14-/m1/s1. The molecule has 1 aromatic heterocycles. The Kier molecular flexibility index (Phi) is 5.28. The van der Waals surface area contributed by atoms with Crippen LogP contribution in [0.15, 0.2) is 22.8 Å². The van der Waals surface area contributed by atoms with Gasteiger partial charge in [-0.15, -0.1) is 0 Å². The minimum absolute atomic E-state index is 0.170. The van der Waals surface area contributed by atoms with Crippen LogP contribution < -0.4 is 5.32 Å². The first-order valence-corrected chi connectivity index (χ1v) is 9.68. The second-order valence-corrected chi connectivity index (χ2v) is 7.22. The molecule has 3 amide bonds. The summed E-state index contributed by atoms with van der Waals surface area (Å²) in [5.74, 6) is -0.0585. The van der Waals surface area contributed by atoms with E-state index in [0.717, 1.165) is 25.7 Å². The first kappa shape index (κ1) is 17.1. The lowest BCUT2D eigenvalue weighted by atomic mass is 9.81. The number of furan rings is 1. The number of nitrogens with zero attached hydrogens (tertiary/aromatic N) is 1. The molecule has 0 radical (unpaired) electrons. The molecule has 0 bridgehead atoms. The van der Waals surface area contributed by atoms with Gasteiger partial charge in [0.15, 0.2) is 0 Å². The Morgan fingerprint density at radius 1 is 1.33 bits per heavy atom. The van der Waals surface area contributed by atoms with E-state index in [1.807, 2.05) is 6.26 Å². The highest BCUT2D eigenvalue weighted by Gasteiger charge is 2.51. The number of rotatable bonds is 6. The van der Waals surface area contributed by atoms with Crippen molar-refractivity contribution in [2.24, 2.45) is 11.8 Å². The number of imide groups is 1. The third-order valence-corrected chi connectivity index (χ3v) is 5.48. The van der Waals surface area contributed by atoms with Gasteiger partial charge in [0, 0.05) is 5.75 Å². The van der Waals surface area contributed by atoms with Gasteiger partial charge in [-0.3, -0.25) is 19.3 Å². The first-order valence-electron chi connectivity index (χ1n) is 8.29. The van der Waals surface area contributed by atoms with Crippen LogP contribution in [0.4, 0.5) is 0 Å². The van der Waals surface area contributed by atoms with Crippen molar-refractivity contribution in [3.8, 4) is 0 Å². The average molecular weight is 350 g/mol. The number of hydrogen-bond acceptors (Lipinski definition) is 5. The lowest BCUT2D eigenvalue weighted by Gasteiger charge is -2.25. The number of carbonyl (C=O) groups is 3. The zero-order chi connectivity index (χ0) is 17.1. The van der Waals surface area contributed by atoms with Crippen LogP contribution in [0, 0.1) is 11.8 Å². The highest BCUT2D eigenvalue weighted by Crippen LogP contribution is 2.39. The summed E-state index contributed by atoms with van der Waals surface area (Å²) in [4.78, 5) is 39.2. The monoisotopic (exact) mass is 350 g/mol. The molecule has 1 N–H and O–H groups in total. The van der Waals surface area contributed by atoms with E-state index in [-0.39, 0.29) is 36.1 Å². The van der Waals surface area contributed by atoms with E-state index in [2.05, 4.69) is 5.32 Å². The van der Waals surface area contributed by atoms with Crippen molar-refractivity contribution in [2.75, 3.05) is 12.0 Å². The molecule has 1 aliphatic heterocycles. The fraction of sp³-hybridized carbons (Fsp3) is 0.588. The number of fused-ring (bicyclic) bond motifs is 1. The van der Waals surface area contributed by atoms with Crippen LogP contribution >= 0.6 is 11.8 Å². The Balaban J connectivity index is 1.73. The number of hydrogen-bond donors (Lipinski definition) is 1. The van der Waals surface area contributed by atoms with Crippen molar-refractivity contribution < 1.29 is 18.8 Å². The van der Waals surface area contributed by atoms with Gasteiger partial charge in [-0.2, -0.15) is 11.8 Å². The molecule has 1 saturated heterocycles. The smallest absolute Gasteiger partial charge is 0.244 e. The van der Waals surface area contributed by atoms with Crippen molar-refractivity contribution in [1.82, 2.24) is 10.2 Å². The number of thioether (sulfide) groups is 1. The fourth-order valence-corrected chi connectivity index (χ4v) is 4.24. The summed E-state index contributed by atoms with van der Waals surface area (Å²) in [5.41, 5.74) is 0. The third kappa shape index (κ3) is 3.22. The molecule has 24 heavy (non-hydrogen) atoms. The molecule has 2 fully saturated rings. The predicted octanol–water partition coefficient (Wildman–Crippen LogP) is 1.80. The highest BCUT2D eigenvalue weighted by atomic mass is 32.2. The van der Waals surface area contributed by atoms with Crippen LogP contribution in [0.5, 0.6) is 0 Å². The summed E-state index contributed by atoms with van der Waals surface area (Å²) in [7, 11) is 0. The van der Waals surface area contributed by atoms with Crippen LogP contribution in [-0.2, 0) is 20.9 Å². The second kappa shape index (κ2) is 7.42. The second-order valence-electron chi connectivity index (χ2n) is 6.31. The normalized spacial score (nSPS) is 24.8. The Labute approximate surface area is 145 Å². The molecule has 6 nitrogen and oxygen atoms in total. The molecular formula is C17H22N2O4S. The van der Waals surface area contributed by atoms with E-state index < -0.39 is 6.04 Å². The Bertz CT molecular complexity index is 592. The van der Waals surface area contributed by atoms with Gasteiger partial charge in [-0.1, -0.05) is 12.8 Å². The summed E-state index contributed by atoms with van der Waals surface area (Å²) >= 11 is 1.46. The van der Waals surface area contributed by atoms with E-state index in [1.54, 1.807) is 18.4 Å². The SMILES string of the molecule is CSC[C@H](C(=O)NCc1ccco1)N1C(=O)[C@@H]2CCCC[C@H]2C1=O. The predicted molar refractivity (Wildman–Crippen MR) is 90.0 cm³/mol. The largest absolute Gasteiger partial charge is 0.467 e. The maximum absolute atomic E-state index is 12.7. The van der Waals surface area contributed by atoms with Crippen LogP contribution in [0.3, 0.4) is 0 Å². The minimum Gasteiger partial charge on any atom is -0.467 e. The number of amides is 3. The summed E-state index contributed by atoms with van der Waals surface area (Å²) < 4.78 is 5.20. The molecule has 7 heteroatoms. The van der Waals surface area contributed by atoms with Gasteiger partial charge in [-0.05, 0) is 31.2 Å². The third-order valence-electron chi connectivity index (χ3n) is 4.83. The van der Waals surface area contributed by atoms with Crippen molar-refractivity contribution in [3.05, 3.63) is 24.2 Å². The highest BCUT2D eigenvalue weighted by molar-refractivity contribution is 7.98. The topological polar surface area (TPSA) is 79.6 Å². The van der Waals surface area contributed by atoms with Crippen LogP contribution in [-0.4, -0.2) is 40.7 Å². The van der Waals surface area contributed by atoms with Crippen molar-refractivity contribution in [1.29, 1.82) is 0 Å². The molecule has 1 aliphatic carbocycles. The molecule has 2 heterocycles. The molecule has 3 rings (SSSR count). The zero-order valence-corrected chi connectivity index (χ0v) is 14.5. The van der Waals surface area contributed by atoms with E-state index in [1.165, 1.54) is 16.7 Å². The molecule has 1 saturated carbocycles. The molecule has 1 aromatic rings. The number of nitrogens with one attached hydrogen (secondary N) is 1. The van der Waals surface area contributed by atoms with Gasteiger partial charge in [0.05, 0.1) is 24.6 Å². The molecule has 0 aromatic carbocycles. The van der Waals surface area contributed by atoms with E-state index in [4.69, 9.17) is 4.42 Å². The van der Waals surface area contributed by atoms with E-state index >= 15 is 0 Å². The molecule has 3 atom stereocenters. The Morgan fingerprint density at radius 2 is 2.00 bits per heavy atom. The van der Waals surface area contributed by atoms with Crippen LogP contribution in [0.2, 0.25) is 0 Å². The van der Waals surface area contributed by atoms with Gasteiger partial charge in [0.1, 0.15) is 11.8 Å². The lowest BCUT2D eigenvalue weighted by molar-refractivity contribution is -0.147. The van der Waals surface area contributed by atoms with Crippen molar-refractivity contribution in [3.63, 3.8) is 0 Å². The van der Waals surface area contributed by atoms with Crippen LogP contribution in [0.1, 0.15) is 31.4 Å². The number of carbonyl (C=O) groups excluding carboxylic acids is 3. The molecular weight excluding hydrogens is 328 g/mol. The molecule has 0 spiro atoms. The van der Waals surface area contributed by atoms with Crippen LogP contribution in [0.25, 0.3) is 0 Å². The maximum Gasteiger partial charge on any atom is 0.244 e. The maximum atomic E-state index is 12.7. The molecule has 2 aliphatic rings. The minimum atomic E-state index is -0.749. The Morgan fingerprint density at radius 3 is 2.54 bits per heavy atom. The van der Waals surface area contributed by atoms with Gasteiger partial charge < -0.3 is 9.73 Å². The van der Waals surface area contributed by atoms with Crippen molar-refractivity contribution >= 4 is 29.5 Å². The van der Waals surface area contributed by atoms with Crippen molar-refractivity contribution in [2.45, 2.75) is 38.3 Å². The summed E-state index contributed by atoms with van der Waals surface area (Å²) in [6.07, 6.45) is 6.87. The fourth-order valence-electron chi connectivity index (χ4n) is 3.63. The summed E-state index contributed by atoms with van der Waals surface area (Å²) in [6, 6.07) is 2.77.